The van der Waals surface area contributed by atoms with E-state index in [4.69, 9.17) is 14.7 Å². The molecule has 3 aliphatic rings. The molecule has 12 heteroatoms. The van der Waals surface area contributed by atoms with Crippen LogP contribution in [0.15, 0.2) is 43.1 Å². The van der Waals surface area contributed by atoms with Crippen molar-refractivity contribution in [2.24, 2.45) is 0 Å². The molecule has 1 amide bonds. The Morgan fingerprint density at radius 2 is 2.00 bits per heavy atom. The van der Waals surface area contributed by atoms with Gasteiger partial charge in [-0.3, -0.25) is 9.78 Å². The molecule has 6 rings (SSSR count). The Morgan fingerprint density at radius 3 is 2.68 bits per heavy atom. The summed E-state index contributed by atoms with van der Waals surface area (Å²) in [6.45, 7) is 7.91. The van der Waals surface area contributed by atoms with Crippen molar-refractivity contribution in [3.05, 3.63) is 60.1 Å². The van der Waals surface area contributed by atoms with Gasteiger partial charge in [0.15, 0.2) is 5.82 Å². The molecule has 3 aromatic rings. The number of carboxylic acids is 1. The molecular formula is C32H38N8O4. The molecule has 2 aromatic heterocycles. The predicted molar refractivity (Wildman–Crippen MR) is 170 cm³/mol. The summed E-state index contributed by atoms with van der Waals surface area (Å²) in [6, 6.07) is 7.90. The molecule has 12 nitrogen and oxygen atoms in total. The molecule has 230 valence electrons. The lowest BCUT2D eigenvalue weighted by Crippen LogP contribution is -2.38. The van der Waals surface area contributed by atoms with Crippen molar-refractivity contribution >= 4 is 46.4 Å². The lowest BCUT2D eigenvalue weighted by atomic mass is 10.0. The van der Waals surface area contributed by atoms with Crippen LogP contribution < -0.4 is 25.2 Å². The monoisotopic (exact) mass is 598 g/mol. The quantitative estimate of drug-likeness (QED) is 0.285. The molecule has 0 radical (unpaired) electrons. The number of methoxy groups -OCH3 is 1. The molecule has 4 heterocycles. The van der Waals surface area contributed by atoms with E-state index in [1.165, 1.54) is 12.3 Å². The van der Waals surface area contributed by atoms with Gasteiger partial charge >= 0.3 is 5.97 Å². The highest BCUT2D eigenvalue weighted by Crippen LogP contribution is 2.57. The first-order chi connectivity index (χ1) is 21.1. The third-order valence-electron chi connectivity index (χ3n) is 8.65. The highest BCUT2D eigenvalue weighted by atomic mass is 16.5. The first kappa shape index (κ1) is 29.4. The van der Waals surface area contributed by atoms with Crippen LogP contribution in [0.25, 0.3) is 0 Å². The number of aryl methyl sites for hydroxylation is 1. The Hall–Kier alpha value is -4.71. The van der Waals surface area contributed by atoms with Gasteiger partial charge in [-0.1, -0.05) is 6.58 Å². The van der Waals surface area contributed by atoms with Crippen molar-refractivity contribution < 1.29 is 19.4 Å². The number of fused-ring (bicyclic) bond motifs is 2. The van der Waals surface area contributed by atoms with Gasteiger partial charge in [0.05, 0.1) is 35.6 Å². The third kappa shape index (κ3) is 5.41. The van der Waals surface area contributed by atoms with E-state index in [9.17, 15) is 14.7 Å². The van der Waals surface area contributed by atoms with E-state index in [1.807, 2.05) is 30.0 Å². The number of carboxylic acid groups (broad SMARTS) is 1. The smallest absolute Gasteiger partial charge is 0.341 e. The number of carbonyl (C=O) groups is 2. The van der Waals surface area contributed by atoms with Crippen LogP contribution in [0.2, 0.25) is 0 Å². The van der Waals surface area contributed by atoms with Gasteiger partial charge in [0.2, 0.25) is 11.9 Å². The van der Waals surface area contributed by atoms with Crippen molar-refractivity contribution in [1.82, 2.24) is 19.9 Å². The fraction of sp³-hybridized carbons (Fsp3) is 0.406. The van der Waals surface area contributed by atoms with Crippen molar-refractivity contribution in [2.45, 2.75) is 44.1 Å². The number of hydrogen-bond donors (Lipinski definition) is 3. The normalized spacial score (nSPS) is 18.0. The summed E-state index contributed by atoms with van der Waals surface area (Å²) in [6.07, 6.45) is 6.64. The van der Waals surface area contributed by atoms with Gasteiger partial charge in [-0.25, -0.2) is 9.78 Å². The van der Waals surface area contributed by atoms with Gasteiger partial charge in [-0.15, -0.1) is 0 Å². The van der Waals surface area contributed by atoms with E-state index in [-0.39, 0.29) is 28.9 Å². The second kappa shape index (κ2) is 11.4. The van der Waals surface area contributed by atoms with E-state index in [0.29, 0.717) is 29.5 Å². The molecule has 1 atom stereocenters. The van der Waals surface area contributed by atoms with E-state index in [0.717, 1.165) is 61.5 Å². The molecule has 0 unspecified atom stereocenters. The number of amides is 1. The maximum absolute atomic E-state index is 12.5. The Balaban J connectivity index is 1.39. The summed E-state index contributed by atoms with van der Waals surface area (Å²) in [5.41, 5.74) is 4.68. The number of ether oxygens (including phenoxy) is 1. The minimum atomic E-state index is -1.11. The van der Waals surface area contributed by atoms with Crippen LogP contribution in [0.5, 0.6) is 5.75 Å². The molecule has 1 saturated heterocycles. The molecule has 1 aromatic carbocycles. The van der Waals surface area contributed by atoms with Crippen molar-refractivity contribution in [1.29, 1.82) is 0 Å². The van der Waals surface area contributed by atoms with Crippen LogP contribution in [0.4, 0.5) is 34.5 Å². The fourth-order valence-corrected chi connectivity index (χ4v) is 6.39. The summed E-state index contributed by atoms with van der Waals surface area (Å²) in [4.78, 5) is 45.1. The van der Waals surface area contributed by atoms with Crippen LogP contribution >= 0.6 is 0 Å². The number of carbonyl (C=O) groups excluding carboxylic acids is 1. The van der Waals surface area contributed by atoms with Crippen LogP contribution in [0.1, 0.15) is 47.4 Å². The number of hydrogen-bond acceptors (Lipinski definition) is 10. The zero-order valence-corrected chi connectivity index (χ0v) is 25.6. The molecule has 1 spiro atoms. The van der Waals surface area contributed by atoms with Gasteiger partial charge in [0.25, 0.3) is 0 Å². The summed E-state index contributed by atoms with van der Waals surface area (Å²) in [5, 5.41) is 16.3. The maximum Gasteiger partial charge on any atom is 0.341 e. The summed E-state index contributed by atoms with van der Waals surface area (Å²) < 4.78 is 5.80. The zero-order valence-electron chi connectivity index (χ0n) is 25.6. The molecular weight excluding hydrogens is 560 g/mol. The number of pyridine rings is 1. The number of aromatic carboxylic acids is 1. The van der Waals surface area contributed by atoms with E-state index >= 15 is 0 Å². The number of likely N-dealkylation sites (N-methyl/N-ethyl adjacent to an activating group) is 1. The molecule has 2 aliphatic heterocycles. The number of anilines is 6. The highest BCUT2D eigenvalue weighted by Gasteiger charge is 2.54. The van der Waals surface area contributed by atoms with E-state index < -0.39 is 5.97 Å². The van der Waals surface area contributed by atoms with E-state index in [2.05, 4.69) is 46.1 Å². The first-order valence-electron chi connectivity index (χ1n) is 14.8. The first-order valence-corrected chi connectivity index (χ1v) is 14.8. The Morgan fingerprint density at radius 1 is 1.20 bits per heavy atom. The van der Waals surface area contributed by atoms with E-state index in [1.54, 1.807) is 13.2 Å². The van der Waals surface area contributed by atoms with Crippen LogP contribution in [0, 0.1) is 6.92 Å². The molecule has 1 aliphatic carbocycles. The fourth-order valence-electron chi connectivity index (χ4n) is 6.39. The number of nitrogens with one attached hydrogen (secondary N) is 2. The van der Waals surface area contributed by atoms with Gasteiger partial charge in [0.1, 0.15) is 11.3 Å². The lowest BCUT2D eigenvalue weighted by Gasteiger charge is -2.31. The topological polar surface area (TPSA) is 136 Å². The number of aromatic nitrogens is 3. The Bertz CT molecular complexity index is 1640. The SMILES string of the molecule is C=CC(=O)Nc1cc(Nc2ncc(C(=O)O)c(N3CC4(CC4)c4nc(C)ccc43)n2)c(OC)cc1N1CCC[C@H]1CN(C)C. The Kier molecular flexibility index (Phi) is 7.62. The molecule has 0 bridgehead atoms. The van der Waals surface area contributed by atoms with Gasteiger partial charge in [0, 0.05) is 49.0 Å². The van der Waals surface area contributed by atoms with Gasteiger partial charge in [-0.05, 0) is 71.0 Å². The average Bonchev–Trinajstić information content (AvgIpc) is 3.53. The van der Waals surface area contributed by atoms with Crippen molar-refractivity contribution in [3.8, 4) is 5.75 Å². The van der Waals surface area contributed by atoms with Crippen LogP contribution in [-0.4, -0.2) is 83.7 Å². The minimum absolute atomic E-state index is 0.00184. The number of nitrogens with zero attached hydrogens (tertiary/aromatic N) is 6. The van der Waals surface area contributed by atoms with Gasteiger partial charge < -0.3 is 35.2 Å². The number of rotatable bonds is 10. The lowest BCUT2D eigenvalue weighted by molar-refractivity contribution is -0.111. The van der Waals surface area contributed by atoms with Crippen molar-refractivity contribution in [3.63, 3.8) is 0 Å². The largest absolute Gasteiger partial charge is 0.494 e. The minimum Gasteiger partial charge on any atom is -0.494 e. The molecule has 3 N–H and O–H groups in total. The predicted octanol–water partition coefficient (Wildman–Crippen LogP) is 4.47. The molecule has 44 heavy (non-hydrogen) atoms. The van der Waals surface area contributed by atoms with Crippen LogP contribution in [-0.2, 0) is 10.2 Å². The molecule has 2 fully saturated rings. The number of benzene rings is 1. The maximum atomic E-state index is 12.5. The average molecular weight is 599 g/mol. The standard InChI is InChI=1S/C32H38N8O4/c1-6-27(41)35-22-14-23(26(44-5)15-25(22)39-13-7-8-20(39)17-38(3)4)36-31-33-16-21(30(42)43)29(37-31)40-18-32(11-12-32)28-24(40)10-9-19(2)34-28/h6,9-10,14-16,20H,1,7-8,11-13,17-18H2,2-5H3,(H,35,41)(H,42,43)(H,33,36,37)/t20-/m0/s1. The Labute approximate surface area is 256 Å². The highest BCUT2D eigenvalue weighted by molar-refractivity contribution is 6.02. The summed E-state index contributed by atoms with van der Waals surface area (Å²) in [7, 11) is 5.69. The summed E-state index contributed by atoms with van der Waals surface area (Å²) >= 11 is 0. The van der Waals surface area contributed by atoms with Gasteiger partial charge in [-0.2, -0.15) is 4.98 Å². The second-order valence-electron chi connectivity index (χ2n) is 12.1. The van der Waals surface area contributed by atoms with Crippen molar-refractivity contribution in [2.75, 3.05) is 61.3 Å². The second-order valence-corrected chi connectivity index (χ2v) is 12.1. The zero-order chi connectivity index (χ0) is 31.2. The van der Waals surface area contributed by atoms with Crippen LogP contribution in [0.3, 0.4) is 0 Å². The third-order valence-corrected chi connectivity index (χ3v) is 8.65. The molecule has 1 saturated carbocycles. The summed E-state index contributed by atoms with van der Waals surface area (Å²) in [5.74, 6) is -0.422.